The maximum absolute atomic E-state index is 13.5. The summed E-state index contributed by atoms with van der Waals surface area (Å²) in [5.74, 6) is -0.602. The minimum absolute atomic E-state index is 0.0339. The van der Waals surface area contributed by atoms with Gasteiger partial charge in [-0.15, -0.1) is 0 Å². The van der Waals surface area contributed by atoms with Gasteiger partial charge in [0.25, 0.3) is 7.82 Å². The molecule has 0 aromatic carbocycles. The molecule has 0 aromatic heterocycles. The standard InChI is InChI=1S/C65H119N2O7P/c1-7-10-13-16-19-22-25-28-30-32-33-35-37-40-43-46-49-52-55-58-65(69)74-63(56-53-50-47-44-41-38-27-24-21-18-15-12-9-3)62(61-73-75(70,71)72-60-59-67(4,5)6)66-64(68)57-54-51-48-45-42-39-36-34-31-29-26-23-20-17-14-11-8-2/h11,14,20,23,29,31,36,39,45,48,53,56,62-63H,7-10,12-13,15-19,21-22,24-28,30,32-35,37-38,40-44,46-47,49-52,54-55,57-61H2,1-6H3,(H-,66,68,70,71)/b14-11-,23-20-,31-29-,39-36-,48-45-,56-53+. The van der Waals surface area contributed by atoms with Gasteiger partial charge in [0, 0.05) is 12.8 Å². The van der Waals surface area contributed by atoms with Crippen LogP contribution in [-0.2, 0) is 27.9 Å². The molecule has 0 aromatic rings. The molecule has 0 bridgehead atoms. The molecule has 9 nitrogen and oxygen atoms in total. The molecule has 0 aliphatic heterocycles. The number of quaternary nitrogens is 1. The maximum Gasteiger partial charge on any atom is 0.306 e. The Kier molecular flexibility index (Phi) is 52.9. The van der Waals surface area contributed by atoms with Crippen molar-refractivity contribution >= 4 is 19.7 Å². The first kappa shape index (κ1) is 72.5. The van der Waals surface area contributed by atoms with Gasteiger partial charge in [-0.3, -0.25) is 14.2 Å². The normalized spacial score (nSPS) is 14.2. The Hall–Kier alpha value is -2.55. The SMILES string of the molecule is CC/C=C\C/C=C\C/C=C\C/C=C\C/C=C\CCCC(=O)NC(COP(=O)([O-])OCC[N+](C)(C)C)C(/C=C/CCCCCCCCCCCCC)OC(=O)CCCCCCCCCCCCCCCCCCCCC. The van der Waals surface area contributed by atoms with Crippen LogP contribution in [0.5, 0.6) is 0 Å². The van der Waals surface area contributed by atoms with Crippen LogP contribution < -0.4 is 10.2 Å². The number of likely N-dealkylation sites (N-methyl/N-ethyl adjacent to an activating group) is 1. The summed E-state index contributed by atoms with van der Waals surface area (Å²) in [6.07, 6.45) is 70.2. The first-order valence-electron chi connectivity index (χ1n) is 31.2. The van der Waals surface area contributed by atoms with Gasteiger partial charge in [0.15, 0.2) is 0 Å². The molecule has 1 amide bonds. The number of amides is 1. The van der Waals surface area contributed by atoms with Crippen LogP contribution in [0, 0.1) is 0 Å². The summed E-state index contributed by atoms with van der Waals surface area (Å²) in [6.45, 7) is 6.71. The van der Waals surface area contributed by atoms with E-state index in [1.54, 1.807) is 0 Å². The lowest BCUT2D eigenvalue weighted by atomic mass is 10.0. The van der Waals surface area contributed by atoms with Crippen molar-refractivity contribution in [1.82, 2.24) is 5.32 Å². The van der Waals surface area contributed by atoms with Gasteiger partial charge in [-0.05, 0) is 70.3 Å². The van der Waals surface area contributed by atoms with E-state index in [-0.39, 0.29) is 31.3 Å². The number of unbranched alkanes of at least 4 members (excludes halogenated alkanes) is 30. The van der Waals surface area contributed by atoms with Crippen LogP contribution in [0.15, 0.2) is 72.9 Å². The molecular formula is C65H119N2O7P. The number of carbonyl (C=O) groups is 2. The van der Waals surface area contributed by atoms with E-state index in [0.29, 0.717) is 17.4 Å². The van der Waals surface area contributed by atoms with Crippen LogP contribution >= 0.6 is 7.82 Å². The van der Waals surface area contributed by atoms with Crippen LogP contribution in [0.25, 0.3) is 0 Å². The molecule has 1 N–H and O–H groups in total. The highest BCUT2D eigenvalue weighted by atomic mass is 31.2. The van der Waals surface area contributed by atoms with E-state index < -0.39 is 26.6 Å². The average Bonchev–Trinajstić information content (AvgIpc) is 3.37. The van der Waals surface area contributed by atoms with Crippen molar-refractivity contribution in [2.45, 2.75) is 290 Å². The van der Waals surface area contributed by atoms with Crippen molar-refractivity contribution in [2.24, 2.45) is 0 Å². The highest BCUT2D eigenvalue weighted by Crippen LogP contribution is 2.38. The number of phosphoric acid groups is 1. The summed E-state index contributed by atoms with van der Waals surface area (Å²) in [6, 6.07) is -0.918. The molecule has 0 saturated carbocycles. The van der Waals surface area contributed by atoms with Crippen LogP contribution in [-0.4, -0.2) is 69.4 Å². The second-order valence-corrected chi connectivity index (χ2v) is 23.6. The number of hydrogen-bond acceptors (Lipinski definition) is 7. The Morgan fingerprint density at radius 2 is 0.867 bits per heavy atom. The average molecular weight is 1070 g/mol. The van der Waals surface area contributed by atoms with E-state index in [9.17, 15) is 19.0 Å². The molecule has 0 aliphatic carbocycles. The molecule has 3 atom stereocenters. The first-order chi connectivity index (χ1) is 36.4. The van der Waals surface area contributed by atoms with Crippen LogP contribution in [0.3, 0.4) is 0 Å². The van der Waals surface area contributed by atoms with Gasteiger partial charge in [-0.2, -0.15) is 0 Å². The molecule has 0 spiro atoms. The fourth-order valence-electron chi connectivity index (χ4n) is 8.85. The van der Waals surface area contributed by atoms with Gasteiger partial charge in [0.1, 0.15) is 19.3 Å². The zero-order valence-electron chi connectivity index (χ0n) is 49.7. The van der Waals surface area contributed by atoms with Gasteiger partial charge in [-0.25, -0.2) is 0 Å². The number of nitrogens with zero attached hydrogens (tertiary/aromatic N) is 1. The molecule has 10 heteroatoms. The Labute approximate surface area is 463 Å². The number of esters is 1. The van der Waals surface area contributed by atoms with Gasteiger partial charge >= 0.3 is 5.97 Å². The summed E-state index contributed by atoms with van der Waals surface area (Å²) in [7, 11) is 1.15. The van der Waals surface area contributed by atoms with E-state index in [2.05, 4.69) is 86.8 Å². The fourth-order valence-corrected chi connectivity index (χ4v) is 9.58. The number of ether oxygens (including phenoxy) is 1. The smallest absolute Gasteiger partial charge is 0.306 e. The van der Waals surface area contributed by atoms with Gasteiger partial charge in [-0.1, -0.05) is 267 Å². The summed E-state index contributed by atoms with van der Waals surface area (Å²) < 4.78 is 30.3. The quantitative estimate of drug-likeness (QED) is 0.0212. The first-order valence-corrected chi connectivity index (χ1v) is 32.7. The van der Waals surface area contributed by atoms with E-state index in [4.69, 9.17) is 13.8 Å². The molecule has 0 heterocycles. The highest BCUT2D eigenvalue weighted by Gasteiger charge is 2.27. The van der Waals surface area contributed by atoms with Crippen molar-refractivity contribution in [1.29, 1.82) is 0 Å². The summed E-state index contributed by atoms with van der Waals surface area (Å²) >= 11 is 0. The molecular weight excluding hydrogens is 952 g/mol. The summed E-state index contributed by atoms with van der Waals surface area (Å²) in [4.78, 5) is 40.0. The Balaban J connectivity index is 5.34. The number of phosphoric ester groups is 1. The molecule has 436 valence electrons. The van der Waals surface area contributed by atoms with Crippen LogP contribution in [0.2, 0.25) is 0 Å². The topological polar surface area (TPSA) is 114 Å². The summed E-state index contributed by atoms with van der Waals surface area (Å²) in [5, 5.41) is 3.00. The Morgan fingerprint density at radius 1 is 0.480 bits per heavy atom. The maximum atomic E-state index is 13.5. The van der Waals surface area contributed by atoms with Crippen LogP contribution in [0.4, 0.5) is 0 Å². The molecule has 75 heavy (non-hydrogen) atoms. The van der Waals surface area contributed by atoms with Crippen LogP contribution in [0.1, 0.15) is 278 Å². The number of hydrogen-bond donors (Lipinski definition) is 1. The van der Waals surface area contributed by atoms with Crippen molar-refractivity contribution in [3.05, 3.63) is 72.9 Å². The molecule has 0 radical (unpaired) electrons. The van der Waals surface area contributed by atoms with E-state index in [0.717, 1.165) is 77.0 Å². The van der Waals surface area contributed by atoms with Gasteiger partial charge < -0.3 is 28.5 Å². The highest BCUT2D eigenvalue weighted by molar-refractivity contribution is 7.45. The Morgan fingerprint density at radius 3 is 1.29 bits per heavy atom. The van der Waals surface area contributed by atoms with E-state index >= 15 is 0 Å². The van der Waals surface area contributed by atoms with Crippen molar-refractivity contribution in [3.63, 3.8) is 0 Å². The van der Waals surface area contributed by atoms with E-state index in [1.165, 1.54) is 161 Å². The third kappa shape index (κ3) is 56.0. The predicted molar refractivity (Wildman–Crippen MR) is 321 cm³/mol. The lowest BCUT2D eigenvalue weighted by Crippen LogP contribution is -2.47. The third-order valence-electron chi connectivity index (χ3n) is 13.7. The van der Waals surface area contributed by atoms with Crippen molar-refractivity contribution in [3.8, 4) is 0 Å². The number of carbonyl (C=O) groups excluding carboxylic acids is 2. The van der Waals surface area contributed by atoms with Gasteiger partial charge in [0.05, 0.1) is 33.8 Å². The number of nitrogens with one attached hydrogen (secondary N) is 1. The molecule has 0 fully saturated rings. The van der Waals surface area contributed by atoms with Crippen molar-refractivity contribution in [2.75, 3.05) is 40.9 Å². The fraction of sp³-hybridized carbons (Fsp3) is 0.785. The predicted octanol–water partition coefficient (Wildman–Crippen LogP) is 18.6. The molecule has 0 aliphatic rings. The van der Waals surface area contributed by atoms with Gasteiger partial charge in [0.2, 0.25) is 5.91 Å². The number of rotatable bonds is 56. The van der Waals surface area contributed by atoms with E-state index in [1.807, 2.05) is 33.3 Å². The molecule has 3 unspecified atom stereocenters. The second kappa shape index (κ2) is 54.8. The zero-order chi connectivity index (χ0) is 55.0. The van der Waals surface area contributed by atoms with Crippen molar-refractivity contribution < 1.29 is 37.3 Å². The lowest BCUT2D eigenvalue weighted by molar-refractivity contribution is -0.870. The number of allylic oxidation sites excluding steroid dienone is 11. The zero-order valence-corrected chi connectivity index (χ0v) is 50.6. The monoisotopic (exact) mass is 1070 g/mol. The molecule has 0 rings (SSSR count). The molecule has 0 saturated heterocycles. The summed E-state index contributed by atoms with van der Waals surface area (Å²) in [5.41, 5.74) is 0. The third-order valence-corrected chi connectivity index (χ3v) is 14.6. The second-order valence-electron chi connectivity index (χ2n) is 22.2. The Bertz CT molecular complexity index is 1510. The minimum atomic E-state index is -4.71. The minimum Gasteiger partial charge on any atom is -0.756 e. The lowest BCUT2D eigenvalue weighted by Gasteiger charge is -2.30. The largest absolute Gasteiger partial charge is 0.756 e.